The average Bonchev–Trinajstić information content (AvgIpc) is 2.19. The number of halogens is 1. The molecule has 0 atom stereocenters. The van der Waals surface area contributed by atoms with Crippen LogP contribution in [-0.2, 0) is 11.3 Å². The Kier molecular flexibility index (Phi) is 4.92. The van der Waals surface area contributed by atoms with Gasteiger partial charge in [-0.25, -0.2) is 4.39 Å². The van der Waals surface area contributed by atoms with Gasteiger partial charge in [0.2, 0.25) is 0 Å². The number of benzene rings is 1. The average molecular weight is 226 g/mol. The van der Waals surface area contributed by atoms with Crippen LogP contribution in [0.3, 0.4) is 0 Å². The molecule has 0 radical (unpaired) electrons. The van der Waals surface area contributed by atoms with Crippen LogP contribution >= 0.6 is 0 Å². The van der Waals surface area contributed by atoms with Gasteiger partial charge in [-0.1, -0.05) is 19.9 Å². The number of hydrogen-bond donors (Lipinski definition) is 2. The zero-order valence-corrected chi connectivity index (χ0v) is 9.48. The molecule has 0 aliphatic carbocycles. The predicted molar refractivity (Wildman–Crippen MR) is 60.7 cm³/mol. The highest BCUT2D eigenvalue weighted by Crippen LogP contribution is 2.04. The van der Waals surface area contributed by atoms with Crippen LogP contribution in [0.15, 0.2) is 18.2 Å². The molecular formula is C11H16BFO3. The number of ether oxygens (including phenoxy) is 1. The summed E-state index contributed by atoms with van der Waals surface area (Å²) in [6, 6.07) is 3.89. The summed E-state index contributed by atoms with van der Waals surface area (Å²) < 4.78 is 18.3. The highest BCUT2D eigenvalue weighted by Gasteiger charge is 2.16. The molecule has 0 saturated heterocycles. The van der Waals surface area contributed by atoms with Gasteiger partial charge < -0.3 is 14.8 Å². The molecule has 2 N–H and O–H groups in total. The van der Waals surface area contributed by atoms with Crippen molar-refractivity contribution in [3.8, 4) is 0 Å². The molecule has 88 valence electrons. The zero-order valence-electron chi connectivity index (χ0n) is 9.48. The first kappa shape index (κ1) is 13.2. The zero-order chi connectivity index (χ0) is 12.1. The summed E-state index contributed by atoms with van der Waals surface area (Å²) in [6.07, 6.45) is 0. The summed E-state index contributed by atoms with van der Waals surface area (Å²) in [4.78, 5) is 0. The molecule has 3 nitrogen and oxygen atoms in total. The van der Waals surface area contributed by atoms with Crippen LogP contribution in [0.25, 0.3) is 0 Å². The third kappa shape index (κ3) is 3.92. The molecular weight excluding hydrogens is 210 g/mol. The molecule has 0 aliphatic heterocycles. The van der Waals surface area contributed by atoms with E-state index in [0.717, 1.165) is 6.07 Å². The van der Waals surface area contributed by atoms with Crippen LogP contribution < -0.4 is 5.46 Å². The van der Waals surface area contributed by atoms with Crippen LogP contribution in [0.4, 0.5) is 4.39 Å². The van der Waals surface area contributed by atoms with Gasteiger partial charge in [-0.05, 0) is 29.1 Å². The van der Waals surface area contributed by atoms with E-state index in [2.05, 4.69) is 0 Å². The standard InChI is InChI=1S/C11H16BFO3/c1-8(2)6-16-7-9-3-4-10(13)5-11(9)12(14)15/h3-5,8,14-15H,6-7H2,1-2H3. The summed E-state index contributed by atoms with van der Waals surface area (Å²) in [6.45, 7) is 4.88. The molecule has 0 aliphatic rings. The fraction of sp³-hybridized carbons (Fsp3) is 0.455. The Balaban J connectivity index is 2.71. The molecule has 0 heterocycles. The minimum atomic E-state index is -1.67. The number of hydrogen-bond acceptors (Lipinski definition) is 3. The van der Waals surface area contributed by atoms with E-state index in [1.807, 2.05) is 13.8 Å². The van der Waals surface area contributed by atoms with E-state index >= 15 is 0 Å². The second-order valence-electron chi connectivity index (χ2n) is 4.13. The van der Waals surface area contributed by atoms with Crippen molar-refractivity contribution in [2.75, 3.05) is 6.61 Å². The lowest BCUT2D eigenvalue weighted by atomic mass is 9.77. The van der Waals surface area contributed by atoms with Crippen molar-refractivity contribution < 1.29 is 19.2 Å². The van der Waals surface area contributed by atoms with Crippen molar-refractivity contribution in [3.05, 3.63) is 29.6 Å². The Morgan fingerprint density at radius 1 is 1.38 bits per heavy atom. The third-order valence-electron chi connectivity index (χ3n) is 2.09. The van der Waals surface area contributed by atoms with Gasteiger partial charge in [0, 0.05) is 6.61 Å². The molecule has 0 unspecified atom stereocenters. The van der Waals surface area contributed by atoms with Gasteiger partial charge in [-0.15, -0.1) is 0 Å². The van der Waals surface area contributed by atoms with Crippen molar-refractivity contribution in [2.24, 2.45) is 5.92 Å². The molecule has 1 rings (SSSR count). The van der Waals surface area contributed by atoms with E-state index in [4.69, 9.17) is 14.8 Å². The predicted octanol–water partition coefficient (Wildman–Crippen LogP) is 0.678. The summed E-state index contributed by atoms with van der Waals surface area (Å²) in [5, 5.41) is 18.1. The van der Waals surface area contributed by atoms with E-state index in [9.17, 15) is 4.39 Å². The molecule has 5 heteroatoms. The highest BCUT2D eigenvalue weighted by molar-refractivity contribution is 6.59. The van der Waals surface area contributed by atoms with Gasteiger partial charge >= 0.3 is 7.12 Å². The van der Waals surface area contributed by atoms with Crippen molar-refractivity contribution in [1.29, 1.82) is 0 Å². The monoisotopic (exact) mass is 226 g/mol. The molecule has 0 bridgehead atoms. The van der Waals surface area contributed by atoms with Crippen molar-refractivity contribution >= 4 is 12.6 Å². The van der Waals surface area contributed by atoms with Crippen LogP contribution in [0.2, 0.25) is 0 Å². The highest BCUT2D eigenvalue weighted by atomic mass is 19.1. The van der Waals surface area contributed by atoms with Crippen molar-refractivity contribution in [2.45, 2.75) is 20.5 Å². The van der Waals surface area contributed by atoms with Crippen LogP contribution in [0.1, 0.15) is 19.4 Å². The van der Waals surface area contributed by atoms with Crippen molar-refractivity contribution in [1.82, 2.24) is 0 Å². The Morgan fingerprint density at radius 2 is 2.06 bits per heavy atom. The first-order chi connectivity index (χ1) is 7.50. The van der Waals surface area contributed by atoms with E-state index in [1.54, 1.807) is 0 Å². The maximum absolute atomic E-state index is 12.9. The Labute approximate surface area is 95.0 Å². The van der Waals surface area contributed by atoms with Crippen LogP contribution in [0, 0.1) is 11.7 Å². The molecule has 0 saturated carbocycles. The second-order valence-corrected chi connectivity index (χ2v) is 4.13. The summed E-state index contributed by atoms with van der Waals surface area (Å²) in [5.74, 6) is -0.0846. The molecule has 1 aromatic rings. The minimum absolute atomic E-state index is 0.156. The fourth-order valence-electron chi connectivity index (χ4n) is 1.34. The summed E-state index contributed by atoms with van der Waals surface area (Å²) >= 11 is 0. The second kappa shape index (κ2) is 5.99. The lowest BCUT2D eigenvalue weighted by molar-refractivity contribution is 0.0974. The number of rotatable bonds is 5. The molecule has 1 aromatic carbocycles. The van der Waals surface area contributed by atoms with Gasteiger partial charge in [0.1, 0.15) is 5.82 Å². The van der Waals surface area contributed by atoms with Gasteiger partial charge in [0.25, 0.3) is 0 Å². The maximum atomic E-state index is 12.9. The van der Waals surface area contributed by atoms with Crippen molar-refractivity contribution in [3.63, 3.8) is 0 Å². The summed E-state index contributed by atoms with van der Waals surface area (Å²) in [5.41, 5.74) is 0.751. The molecule has 0 amide bonds. The minimum Gasteiger partial charge on any atom is -0.423 e. The van der Waals surface area contributed by atoms with E-state index in [1.165, 1.54) is 12.1 Å². The van der Waals surface area contributed by atoms with Gasteiger partial charge in [0.15, 0.2) is 0 Å². The normalized spacial score (nSPS) is 10.9. The summed E-state index contributed by atoms with van der Waals surface area (Å²) in [7, 11) is -1.67. The Hall–Kier alpha value is -0.905. The SMILES string of the molecule is CC(C)COCc1ccc(F)cc1B(O)O. The third-order valence-corrected chi connectivity index (χ3v) is 2.09. The molecule has 0 fully saturated rings. The van der Waals surface area contributed by atoms with E-state index in [-0.39, 0.29) is 12.1 Å². The van der Waals surface area contributed by atoms with E-state index < -0.39 is 12.9 Å². The van der Waals surface area contributed by atoms with Gasteiger partial charge in [-0.3, -0.25) is 0 Å². The first-order valence-electron chi connectivity index (χ1n) is 5.23. The smallest absolute Gasteiger partial charge is 0.423 e. The fourth-order valence-corrected chi connectivity index (χ4v) is 1.34. The van der Waals surface area contributed by atoms with Crippen LogP contribution in [-0.4, -0.2) is 23.8 Å². The first-order valence-corrected chi connectivity index (χ1v) is 5.23. The Bertz CT molecular complexity index is 342. The molecule has 0 aromatic heterocycles. The molecule has 16 heavy (non-hydrogen) atoms. The van der Waals surface area contributed by atoms with E-state index in [0.29, 0.717) is 18.1 Å². The van der Waals surface area contributed by atoms with Gasteiger partial charge in [-0.2, -0.15) is 0 Å². The van der Waals surface area contributed by atoms with Crippen LogP contribution in [0.5, 0.6) is 0 Å². The quantitative estimate of drug-likeness (QED) is 0.725. The maximum Gasteiger partial charge on any atom is 0.488 e. The Morgan fingerprint density at radius 3 is 2.62 bits per heavy atom. The lowest BCUT2D eigenvalue weighted by Crippen LogP contribution is -2.33. The van der Waals surface area contributed by atoms with Gasteiger partial charge in [0.05, 0.1) is 6.61 Å². The lowest BCUT2D eigenvalue weighted by Gasteiger charge is -2.11. The topological polar surface area (TPSA) is 49.7 Å². The largest absolute Gasteiger partial charge is 0.488 e. The molecule has 0 spiro atoms.